The van der Waals surface area contributed by atoms with E-state index in [9.17, 15) is 0 Å². The van der Waals surface area contributed by atoms with Crippen LogP contribution in [0.5, 0.6) is 0 Å². The van der Waals surface area contributed by atoms with E-state index in [4.69, 9.17) is 12.7 Å². The van der Waals surface area contributed by atoms with Gasteiger partial charge in [-0.2, -0.15) is 0 Å². The molecule has 0 aromatic carbocycles. The second-order valence-electron chi connectivity index (χ2n) is 1.72. The maximum absolute atomic E-state index is 5.25. The largest absolute Gasteiger partial charge is 0.237 e. The molecule has 0 heterocycles. The van der Waals surface area contributed by atoms with Crippen LogP contribution in [0.3, 0.4) is 0 Å². The van der Waals surface area contributed by atoms with Crippen molar-refractivity contribution in [1.29, 1.82) is 0 Å². The van der Waals surface area contributed by atoms with E-state index >= 15 is 0 Å². The molecule has 0 unspecified atom stereocenters. The van der Waals surface area contributed by atoms with Crippen molar-refractivity contribution >= 4 is 7.85 Å². The van der Waals surface area contributed by atoms with Crippen molar-refractivity contribution in [1.82, 2.24) is 0 Å². The van der Waals surface area contributed by atoms with Crippen LogP contribution in [0.25, 0.3) is 0 Å². The van der Waals surface area contributed by atoms with Gasteiger partial charge in [0.05, 0.1) is 21.1 Å². The Kier molecular flexibility index (Phi) is 7.97. The maximum Gasteiger partial charge on any atom is 0.0822 e. The van der Waals surface area contributed by atoms with Gasteiger partial charge >= 0.3 is 0 Å². The summed E-state index contributed by atoms with van der Waals surface area (Å²) in [5, 5.41) is 0. The lowest BCUT2D eigenvalue weighted by atomic mass is 10.0. The zero-order valence-corrected chi connectivity index (χ0v) is 5.93. The van der Waals surface area contributed by atoms with E-state index in [1.165, 1.54) is 0 Å². The molecule has 0 amide bonds. The minimum absolute atomic E-state index is 0.614. The van der Waals surface area contributed by atoms with Gasteiger partial charge in [-0.1, -0.05) is 12.7 Å². The van der Waals surface area contributed by atoms with Gasteiger partial charge in [-0.25, -0.2) is 9.78 Å². The smallest absolute Gasteiger partial charge is 0.0822 e. The van der Waals surface area contributed by atoms with Gasteiger partial charge < -0.3 is 0 Å². The number of rotatable bonds is 6. The Bertz CT molecular complexity index is 44.3. The van der Waals surface area contributed by atoms with Crippen LogP contribution in [0.1, 0.15) is 19.8 Å². The van der Waals surface area contributed by atoms with Gasteiger partial charge in [-0.05, 0) is 13.3 Å². The summed E-state index contributed by atoms with van der Waals surface area (Å²) in [6, 6.07) is 0. The summed E-state index contributed by atoms with van der Waals surface area (Å²) in [4.78, 5) is 9.37. The Morgan fingerprint density at radius 2 is 2.00 bits per heavy atom. The Morgan fingerprint density at radius 1 is 1.22 bits per heavy atom. The fraction of sp³-hybridized carbons (Fsp3) is 1.00. The zero-order valence-electron chi connectivity index (χ0n) is 5.93. The third-order valence-corrected chi connectivity index (χ3v) is 0.883. The van der Waals surface area contributed by atoms with Gasteiger partial charge in [-0.15, -0.1) is 0 Å². The van der Waals surface area contributed by atoms with Crippen molar-refractivity contribution in [2.45, 2.75) is 26.1 Å². The number of unbranched alkanes of at least 4 members (excludes halogenated alkanes) is 1. The molecule has 0 saturated heterocycles. The Balaban J connectivity index is 2.60. The first-order valence-electron chi connectivity index (χ1n) is 3.36. The molecule has 0 aliphatic rings. The van der Waals surface area contributed by atoms with E-state index in [0.717, 1.165) is 19.2 Å². The molecule has 0 spiro atoms. The molecule has 0 aromatic rings. The summed E-state index contributed by atoms with van der Waals surface area (Å²) in [5.41, 5.74) is 0. The fourth-order valence-corrected chi connectivity index (χ4v) is 0.448. The van der Waals surface area contributed by atoms with Gasteiger partial charge in [0.15, 0.2) is 0 Å². The monoisotopic (exact) mass is 128 g/mol. The van der Waals surface area contributed by atoms with Gasteiger partial charge in [0.1, 0.15) is 0 Å². The average molecular weight is 128 g/mol. The van der Waals surface area contributed by atoms with Crippen molar-refractivity contribution in [2.24, 2.45) is 0 Å². The molecule has 0 aliphatic carbocycles. The normalized spacial score (nSPS) is 9.89. The third-order valence-electron chi connectivity index (χ3n) is 0.883. The van der Waals surface area contributed by atoms with Crippen LogP contribution in [0, 0.1) is 0 Å². The zero-order chi connectivity index (χ0) is 6.95. The van der Waals surface area contributed by atoms with Crippen molar-refractivity contribution in [3.63, 3.8) is 0 Å². The van der Waals surface area contributed by atoms with Crippen molar-refractivity contribution in [2.75, 3.05) is 13.2 Å². The predicted octanol–water partition coefficient (Wildman–Crippen LogP) is 1.32. The molecule has 0 aromatic heterocycles. The molecule has 0 aliphatic heterocycles. The summed E-state index contributed by atoms with van der Waals surface area (Å²) < 4.78 is 0. The first-order valence-corrected chi connectivity index (χ1v) is 3.36. The molecule has 2 nitrogen and oxygen atoms in total. The Morgan fingerprint density at radius 3 is 2.56 bits per heavy atom. The second kappa shape index (κ2) is 7.98. The van der Waals surface area contributed by atoms with E-state index in [-0.39, 0.29) is 0 Å². The Labute approximate surface area is 57.9 Å². The second-order valence-corrected chi connectivity index (χ2v) is 1.72. The molecule has 9 heavy (non-hydrogen) atoms. The minimum Gasteiger partial charge on any atom is -0.237 e. The standard InChI is InChI=1S/C6H13BO2/c1-2-8-9-6-4-3-5-7/h2-6H2,1H3. The first kappa shape index (κ1) is 8.98. The highest BCUT2D eigenvalue weighted by molar-refractivity contribution is 6.08. The van der Waals surface area contributed by atoms with Crippen LogP contribution in [0.2, 0.25) is 6.32 Å². The van der Waals surface area contributed by atoms with Gasteiger partial charge in [0.2, 0.25) is 0 Å². The molecule has 0 fully saturated rings. The van der Waals surface area contributed by atoms with Crippen molar-refractivity contribution < 1.29 is 9.78 Å². The van der Waals surface area contributed by atoms with Crippen LogP contribution >= 0.6 is 0 Å². The molecular weight excluding hydrogens is 115 g/mol. The Hall–Kier alpha value is -0.0151. The van der Waals surface area contributed by atoms with E-state index in [2.05, 4.69) is 4.89 Å². The molecule has 0 atom stereocenters. The lowest BCUT2D eigenvalue weighted by Gasteiger charge is -1.98. The topological polar surface area (TPSA) is 18.5 Å². The molecule has 52 valence electrons. The SMILES string of the molecule is [B]CCCCOOCC. The summed E-state index contributed by atoms with van der Waals surface area (Å²) in [6.45, 7) is 3.16. The third kappa shape index (κ3) is 7.98. The lowest BCUT2D eigenvalue weighted by Crippen LogP contribution is -1.95. The number of hydrogen-bond acceptors (Lipinski definition) is 2. The molecule has 0 saturated carbocycles. The minimum atomic E-state index is 0.614. The van der Waals surface area contributed by atoms with Gasteiger partial charge in [-0.3, -0.25) is 0 Å². The van der Waals surface area contributed by atoms with E-state index in [0.29, 0.717) is 13.2 Å². The summed E-state index contributed by atoms with van der Waals surface area (Å²) in [5.74, 6) is 0. The van der Waals surface area contributed by atoms with Gasteiger partial charge in [0, 0.05) is 0 Å². The van der Waals surface area contributed by atoms with E-state index in [1.807, 2.05) is 6.92 Å². The van der Waals surface area contributed by atoms with Crippen LogP contribution in [0.4, 0.5) is 0 Å². The van der Waals surface area contributed by atoms with E-state index < -0.39 is 0 Å². The molecule has 0 bridgehead atoms. The molecule has 3 heteroatoms. The average Bonchev–Trinajstić information content (AvgIpc) is 1.89. The lowest BCUT2D eigenvalue weighted by molar-refractivity contribution is -0.291. The molecular formula is C6H13BO2. The van der Waals surface area contributed by atoms with Crippen LogP contribution in [0.15, 0.2) is 0 Å². The van der Waals surface area contributed by atoms with Crippen LogP contribution in [-0.2, 0) is 9.78 Å². The summed E-state index contributed by atoms with van der Waals surface area (Å²) >= 11 is 0. The maximum atomic E-state index is 5.25. The van der Waals surface area contributed by atoms with Crippen molar-refractivity contribution in [3.05, 3.63) is 0 Å². The van der Waals surface area contributed by atoms with Crippen LogP contribution in [-0.4, -0.2) is 21.1 Å². The van der Waals surface area contributed by atoms with Gasteiger partial charge in [0.25, 0.3) is 0 Å². The number of hydrogen-bond donors (Lipinski definition) is 0. The fourth-order valence-electron chi connectivity index (χ4n) is 0.448. The summed E-state index contributed by atoms with van der Waals surface area (Å²) in [6.07, 6.45) is 2.72. The molecule has 0 N–H and O–H groups in total. The van der Waals surface area contributed by atoms with Crippen molar-refractivity contribution in [3.8, 4) is 0 Å². The highest BCUT2D eigenvalue weighted by Gasteiger charge is 1.85. The van der Waals surface area contributed by atoms with Crippen LogP contribution < -0.4 is 0 Å². The highest BCUT2D eigenvalue weighted by atomic mass is 17.2. The molecule has 2 radical (unpaired) electrons. The highest BCUT2D eigenvalue weighted by Crippen LogP contribution is 1.92. The van der Waals surface area contributed by atoms with E-state index in [1.54, 1.807) is 0 Å². The molecule has 0 rings (SSSR count). The summed E-state index contributed by atoms with van der Waals surface area (Å²) in [7, 11) is 5.25. The predicted molar refractivity (Wildman–Crippen MR) is 37.4 cm³/mol. The quantitative estimate of drug-likeness (QED) is 0.232. The first-order chi connectivity index (χ1) is 4.41.